The molecular formula is C13H20Cl2N4. The van der Waals surface area contributed by atoms with E-state index in [-0.39, 0.29) is 30.9 Å². The summed E-state index contributed by atoms with van der Waals surface area (Å²) in [7, 11) is 0. The molecule has 0 aromatic carbocycles. The van der Waals surface area contributed by atoms with Crippen molar-refractivity contribution in [1.82, 2.24) is 15.2 Å². The zero-order valence-electron chi connectivity index (χ0n) is 11.0. The third-order valence-corrected chi connectivity index (χ3v) is 3.13. The zero-order chi connectivity index (χ0) is 12.1. The maximum absolute atomic E-state index is 8.98. The number of hydrogen-bond donors (Lipinski definition) is 1. The molecule has 1 N–H and O–H groups in total. The van der Waals surface area contributed by atoms with Gasteiger partial charge in [0.2, 0.25) is 0 Å². The van der Waals surface area contributed by atoms with E-state index < -0.39 is 0 Å². The number of nitrogens with zero attached hydrogens (tertiary/aromatic N) is 3. The number of aromatic nitrogens is 1. The number of halogens is 2. The van der Waals surface area contributed by atoms with Crippen LogP contribution >= 0.6 is 24.8 Å². The molecule has 4 nitrogen and oxygen atoms in total. The topological polar surface area (TPSA) is 52.0 Å². The number of pyridine rings is 1. The molecule has 1 aliphatic rings. The van der Waals surface area contributed by atoms with Crippen LogP contribution in [0.25, 0.3) is 0 Å². The molecule has 0 aliphatic carbocycles. The fourth-order valence-corrected chi connectivity index (χ4v) is 2.25. The van der Waals surface area contributed by atoms with Crippen LogP contribution in [0.15, 0.2) is 18.2 Å². The summed E-state index contributed by atoms with van der Waals surface area (Å²) in [6, 6.07) is 8.46. The van der Waals surface area contributed by atoms with Crippen LogP contribution in [0.5, 0.6) is 0 Å². The van der Waals surface area contributed by atoms with Crippen LogP contribution in [0, 0.1) is 18.3 Å². The highest BCUT2D eigenvalue weighted by atomic mass is 35.5. The average molecular weight is 303 g/mol. The van der Waals surface area contributed by atoms with Crippen LogP contribution < -0.4 is 5.32 Å². The van der Waals surface area contributed by atoms with Gasteiger partial charge in [-0.15, -0.1) is 24.8 Å². The Morgan fingerprint density at radius 2 is 2.05 bits per heavy atom. The summed E-state index contributed by atoms with van der Waals surface area (Å²) in [5.74, 6) is 0. The maximum atomic E-state index is 8.98. The van der Waals surface area contributed by atoms with Gasteiger partial charge in [0.15, 0.2) is 0 Å². The number of piperazine rings is 1. The summed E-state index contributed by atoms with van der Waals surface area (Å²) in [5.41, 5.74) is 2.04. The molecule has 1 saturated heterocycles. The molecule has 0 amide bonds. The third kappa shape index (κ3) is 4.96. The zero-order valence-corrected chi connectivity index (χ0v) is 12.6. The first-order chi connectivity index (χ1) is 8.31. The molecule has 2 rings (SSSR count). The molecule has 0 bridgehead atoms. The van der Waals surface area contributed by atoms with E-state index in [2.05, 4.69) is 21.3 Å². The molecule has 2 heterocycles. The van der Waals surface area contributed by atoms with Crippen molar-refractivity contribution in [2.24, 2.45) is 0 Å². The second kappa shape index (κ2) is 9.11. The fraction of sp³-hybridized carbons (Fsp3) is 0.538. The Hall–Kier alpha value is -0.860. The average Bonchev–Trinajstić information content (AvgIpc) is 2.37. The largest absolute Gasteiger partial charge is 0.314 e. The van der Waals surface area contributed by atoms with Gasteiger partial charge in [0, 0.05) is 31.9 Å². The van der Waals surface area contributed by atoms with Crippen LogP contribution in [0.4, 0.5) is 0 Å². The minimum Gasteiger partial charge on any atom is -0.314 e. The summed E-state index contributed by atoms with van der Waals surface area (Å²) >= 11 is 0. The highest BCUT2D eigenvalue weighted by molar-refractivity contribution is 5.85. The molecule has 19 heavy (non-hydrogen) atoms. The van der Waals surface area contributed by atoms with Crippen LogP contribution in [-0.4, -0.2) is 36.1 Å². The van der Waals surface area contributed by atoms with E-state index >= 15 is 0 Å². The molecule has 0 saturated carbocycles. The smallest absolute Gasteiger partial charge is 0.0652 e. The Bertz CT molecular complexity index is 413. The van der Waals surface area contributed by atoms with Crippen molar-refractivity contribution in [3.05, 3.63) is 29.6 Å². The predicted molar refractivity (Wildman–Crippen MR) is 80.9 cm³/mol. The molecule has 0 spiro atoms. The number of rotatable bonds is 3. The van der Waals surface area contributed by atoms with Gasteiger partial charge in [0.25, 0.3) is 0 Å². The number of hydrogen-bond acceptors (Lipinski definition) is 4. The van der Waals surface area contributed by atoms with Crippen molar-refractivity contribution in [3.63, 3.8) is 0 Å². The lowest BCUT2D eigenvalue weighted by molar-refractivity contribution is 0.172. The van der Waals surface area contributed by atoms with Crippen molar-refractivity contribution in [2.75, 3.05) is 26.2 Å². The summed E-state index contributed by atoms with van der Waals surface area (Å²) in [5, 5.41) is 12.3. The molecule has 106 valence electrons. The normalized spacial score (nSPS) is 16.6. The Labute approximate surface area is 127 Å². The predicted octanol–water partition coefficient (Wildman–Crippen LogP) is 2.09. The van der Waals surface area contributed by atoms with Crippen molar-refractivity contribution in [3.8, 4) is 6.07 Å². The second-order valence-electron chi connectivity index (χ2n) is 4.37. The van der Waals surface area contributed by atoms with E-state index in [1.54, 1.807) is 0 Å². The summed E-state index contributed by atoms with van der Waals surface area (Å²) in [6.45, 7) is 5.95. The van der Waals surface area contributed by atoms with Crippen molar-refractivity contribution >= 4 is 24.8 Å². The van der Waals surface area contributed by atoms with E-state index in [4.69, 9.17) is 5.26 Å². The summed E-state index contributed by atoms with van der Waals surface area (Å²) in [6.07, 6.45) is 0.510. The molecule has 1 aliphatic heterocycles. The van der Waals surface area contributed by atoms with Crippen molar-refractivity contribution in [2.45, 2.75) is 19.4 Å². The van der Waals surface area contributed by atoms with Gasteiger partial charge in [-0.05, 0) is 19.1 Å². The number of nitrogens with one attached hydrogen (secondary N) is 1. The molecule has 1 aromatic rings. The van der Waals surface area contributed by atoms with E-state index in [9.17, 15) is 0 Å². The molecule has 1 atom stereocenters. The lowest BCUT2D eigenvalue weighted by atomic mass is 10.1. The summed E-state index contributed by atoms with van der Waals surface area (Å²) < 4.78 is 0. The van der Waals surface area contributed by atoms with E-state index in [0.29, 0.717) is 6.42 Å². The van der Waals surface area contributed by atoms with Crippen LogP contribution in [-0.2, 0) is 0 Å². The first-order valence-corrected chi connectivity index (χ1v) is 6.06. The lowest BCUT2D eigenvalue weighted by Crippen LogP contribution is -2.45. The molecule has 1 aromatic heterocycles. The lowest BCUT2D eigenvalue weighted by Gasteiger charge is -2.33. The minimum absolute atomic E-state index is 0. The first-order valence-electron chi connectivity index (χ1n) is 6.06. The second-order valence-corrected chi connectivity index (χ2v) is 4.37. The van der Waals surface area contributed by atoms with Gasteiger partial charge in [0.1, 0.15) is 0 Å². The van der Waals surface area contributed by atoms with E-state index in [1.165, 1.54) is 0 Å². The van der Waals surface area contributed by atoms with Gasteiger partial charge >= 0.3 is 0 Å². The molecule has 0 radical (unpaired) electrons. The fourth-order valence-electron chi connectivity index (χ4n) is 2.25. The quantitative estimate of drug-likeness (QED) is 0.929. The minimum atomic E-state index is 0. The Morgan fingerprint density at radius 3 is 2.63 bits per heavy atom. The molecule has 6 heteroatoms. The Morgan fingerprint density at radius 1 is 1.37 bits per heavy atom. The molecule has 0 unspecified atom stereocenters. The van der Waals surface area contributed by atoms with Gasteiger partial charge in [-0.2, -0.15) is 5.26 Å². The third-order valence-electron chi connectivity index (χ3n) is 3.13. The highest BCUT2D eigenvalue weighted by Gasteiger charge is 2.22. The maximum Gasteiger partial charge on any atom is 0.0652 e. The number of aryl methyl sites for hydroxylation is 1. The highest BCUT2D eigenvalue weighted by Crippen LogP contribution is 2.22. The van der Waals surface area contributed by atoms with Gasteiger partial charge in [-0.1, -0.05) is 6.07 Å². The van der Waals surface area contributed by atoms with Gasteiger partial charge in [-0.3, -0.25) is 9.88 Å². The van der Waals surface area contributed by atoms with Crippen LogP contribution in [0.3, 0.4) is 0 Å². The van der Waals surface area contributed by atoms with Crippen LogP contribution in [0.1, 0.15) is 23.9 Å². The van der Waals surface area contributed by atoms with E-state index in [0.717, 1.165) is 37.6 Å². The Kier molecular flexibility index (Phi) is 8.70. The SMILES string of the molecule is Cc1cccc([C@H](CC#N)N2CCNCC2)n1.Cl.Cl. The van der Waals surface area contributed by atoms with Crippen molar-refractivity contribution < 1.29 is 0 Å². The first kappa shape index (κ1) is 18.1. The number of nitriles is 1. The monoisotopic (exact) mass is 302 g/mol. The standard InChI is InChI=1S/C13H18N4.2ClH/c1-11-3-2-4-12(16-11)13(5-6-14)17-9-7-15-8-10-17;;/h2-4,13,15H,5,7-10H2,1H3;2*1H/t13-;;/m0../s1. The Balaban J connectivity index is 0.00000162. The summed E-state index contributed by atoms with van der Waals surface area (Å²) in [4.78, 5) is 6.90. The molecule has 1 fully saturated rings. The van der Waals surface area contributed by atoms with Gasteiger partial charge < -0.3 is 5.32 Å². The molecular weight excluding hydrogens is 283 g/mol. The van der Waals surface area contributed by atoms with Crippen LogP contribution in [0.2, 0.25) is 0 Å². The van der Waals surface area contributed by atoms with Gasteiger partial charge in [0.05, 0.1) is 24.2 Å². The van der Waals surface area contributed by atoms with Crippen molar-refractivity contribution in [1.29, 1.82) is 5.26 Å². The van der Waals surface area contributed by atoms with E-state index in [1.807, 2.05) is 25.1 Å². The van der Waals surface area contributed by atoms with Gasteiger partial charge in [-0.25, -0.2) is 0 Å².